The number of hydrogen-bond acceptors (Lipinski definition) is 4. The number of carbonyl (C=O) groups excluding carboxylic acids is 1. The molecule has 1 aliphatic heterocycles. The molecule has 1 saturated heterocycles. The van der Waals surface area contributed by atoms with Gasteiger partial charge in [-0.05, 0) is 56.5 Å². The zero-order valence-electron chi connectivity index (χ0n) is 13.7. The molecular formula is C19H23N3O. The molecule has 1 N–H and O–H groups in total. The molecule has 0 radical (unpaired) electrons. The van der Waals surface area contributed by atoms with Gasteiger partial charge >= 0.3 is 0 Å². The fourth-order valence-corrected chi connectivity index (χ4v) is 3.00. The van der Waals surface area contributed by atoms with Gasteiger partial charge in [-0.2, -0.15) is 0 Å². The van der Waals surface area contributed by atoms with E-state index < -0.39 is 0 Å². The third-order valence-electron chi connectivity index (χ3n) is 4.38. The summed E-state index contributed by atoms with van der Waals surface area (Å²) in [6.07, 6.45) is 3.82. The quantitative estimate of drug-likeness (QED) is 0.875. The van der Waals surface area contributed by atoms with Crippen LogP contribution in [0.25, 0.3) is 0 Å². The number of hydrogen-bond donors (Lipinski definition) is 1. The van der Waals surface area contributed by atoms with Crippen LogP contribution < -0.4 is 10.2 Å². The number of aromatic nitrogens is 1. The van der Waals surface area contributed by atoms with Crippen LogP contribution in [-0.4, -0.2) is 29.9 Å². The van der Waals surface area contributed by atoms with Crippen molar-refractivity contribution in [1.29, 1.82) is 0 Å². The highest BCUT2D eigenvalue weighted by molar-refractivity contribution is 5.93. The van der Waals surface area contributed by atoms with Gasteiger partial charge in [0.1, 0.15) is 5.82 Å². The molecule has 1 aromatic carbocycles. The lowest BCUT2D eigenvalue weighted by Crippen LogP contribution is -2.39. The summed E-state index contributed by atoms with van der Waals surface area (Å²) in [5, 5.41) is 3.48. The van der Waals surface area contributed by atoms with Crippen LogP contribution in [-0.2, 0) is 0 Å². The molecule has 0 spiro atoms. The van der Waals surface area contributed by atoms with E-state index in [1.165, 1.54) is 11.3 Å². The van der Waals surface area contributed by atoms with E-state index in [0.717, 1.165) is 31.7 Å². The van der Waals surface area contributed by atoms with Crippen LogP contribution >= 0.6 is 0 Å². The van der Waals surface area contributed by atoms with E-state index in [1.807, 2.05) is 12.1 Å². The Bertz CT molecular complexity index is 673. The van der Waals surface area contributed by atoms with E-state index in [1.54, 1.807) is 13.1 Å². The SMILES string of the molecule is CC(=O)c1ccc(NC2CCN(c3cccc(C)c3)CC2)nc1. The predicted octanol–water partition coefficient (Wildman–Crippen LogP) is 3.67. The normalized spacial score (nSPS) is 15.5. The minimum Gasteiger partial charge on any atom is -0.371 e. The lowest BCUT2D eigenvalue weighted by Gasteiger charge is -2.34. The maximum absolute atomic E-state index is 11.3. The predicted molar refractivity (Wildman–Crippen MR) is 94.3 cm³/mol. The number of nitrogens with zero attached hydrogens (tertiary/aromatic N) is 2. The van der Waals surface area contributed by atoms with Crippen LogP contribution in [0.5, 0.6) is 0 Å². The number of anilines is 2. The molecule has 1 fully saturated rings. The molecule has 0 amide bonds. The number of rotatable bonds is 4. The molecule has 2 heterocycles. The molecule has 23 heavy (non-hydrogen) atoms. The summed E-state index contributed by atoms with van der Waals surface area (Å²) in [4.78, 5) is 18.1. The second-order valence-corrected chi connectivity index (χ2v) is 6.23. The van der Waals surface area contributed by atoms with Gasteiger partial charge in [-0.3, -0.25) is 4.79 Å². The monoisotopic (exact) mass is 309 g/mol. The van der Waals surface area contributed by atoms with Crippen molar-refractivity contribution in [1.82, 2.24) is 4.98 Å². The molecule has 0 aliphatic carbocycles. The zero-order chi connectivity index (χ0) is 16.2. The molecule has 3 rings (SSSR count). The van der Waals surface area contributed by atoms with E-state index in [9.17, 15) is 4.79 Å². The number of carbonyl (C=O) groups is 1. The van der Waals surface area contributed by atoms with E-state index >= 15 is 0 Å². The maximum atomic E-state index is 11.3. The third-order valence-corrected chi connectivity index (χ3v) is 4.38. The number of ketones is 1. The number of benzene rings is 1. The first kappa shape index (κ1) is 15.5. The van der Waals surface area contributed by atoms with Crippen molar-refractivity contribution in [2.45, 2.75) is 32.7 Å². The number of aryl methyl sites for hydroxylation is 1. The van der Waals surface area contributed by atoms with E-state index in [-0.39, 0.29) is 5.78 Å². The maximum Gasteiger partial charge on any atom is 0.161 e. The van der Waals surface area contributed by atoms with Crippen molar-refractivity contribution in [3.8, 4) is 0 Å². The Balaban J connectivity index is 1.55. The summed E-state index contributed by atoms with van der Waals surface area (Å²) in [6.45, 7) is 5.79. The lowest BCUT2D eigenvalue weighted by molar-refractivity contribution is 0.101. The second-order valence-electron chi connectivity index (χ2n) is 6.23. The molecule has 0 bridgehead atoms. The van der Waals surface area contributed by atoms with Crippen LogP contribution in [0.1, 0.15) is 35.7 Å². The van der Waals surface area contributed by atoms with Crippen LogP contribution in [0.2, 0.25) is 0 Å². The Hall–Kier alpha value is -2.36. The molecule has 1 aromatic heterocycles. The summed E-state index contributed by atoms with van der Waals surface area (Å²) in [7, 11) is 0. The molecule has 2 aromatic rings. The average Bonchev–Trinajstić information content (AvgIpc) is 2.56. The Kier molecular flexibility index (Phi) is 4.60. The zero-order valence-corrected chi connectivity index (χ0v) is 13.7. The fourth-order valence-electron chi connectivity index (χ4n) is 3.00. The number of nitrogens with one attached hydrogen (secondary N) is 1. The van der Waals surface area contributed by atoms with Gasteiger partial charge in [0.2, 0.25) is 0 Å². The highest BCUT2D eigenvalue weighted by Crippen LogP contribution is 2.22. The largest absolute Gasteiger partial charge is 0.371 e. The van der Waals surface area contributed by atoms with Crippen molar-refractivity contribution in [2.24, 2.45) is 0 Å². The molecule has 0 atom stereocenters. The summed E-state index contributed by atoms with van der Waals surface area (Å²) >= 11 is 0. The standard InChI is InChI=1S/C19H23N3O/c1-14-4-3-5-18(12-14)22-10-8-17(9-11-22)21-19-7-6-16(13-20-19)15(2)23/h3-7,12-13,17H,8-11H2,1-2H3,(H,20,21). The molecule has 4 nitrogen and oxygen atoms in total. The van der Waals surface area contributed by atoms with Gasteiger partial charge in [0.15, 0.2) is 5.78 Å². The molecule has 0 saturated carbocycles. The van der Waals surface area contributed by atoms with Crippen molar-refractivity contribution in [3.05, 3.63) is 53.7 Å². The Morgan fingerprint density at radius 1 is 1.22 bits per heavy atom. The van der Waals surface area contributed by atoms with Crippen LogP contribution in [0.3, 0.4) is 0 Å². The Morgan fingerprint density at radius 3 is 2.61 bits per heavy atom. The van der Waals surface area contributed by atoms with E-state index in [2.05, 4.69) is 46.4 Å². The smallest absolute Gasteiger partial charge is 0.161 e. The molecular weight excluding hydrogens is 286 g/mol. The van der Waals surface area contributed by atoms with Crippen molar-refractivity contribution >= 4 is 17.3 Å². The van der Waals surface area contributed by atoms with Gasteiger partial charge in [0.25, 0.3) is 0 Å². The first-order valence-corrected chi connectivity index (χ1v) is 8.17. The van der Waals surface area contributed by atoms with Gasteiger partial charge in [0.05, 0.1) is 0 Å². The Morgan fingerprint density at radius 2 is 2.00 bits per heavy atom. The molecule has 4 heteroatoms. The molecule has 120 valence electrons. The molecule has 1 aliphatic rings. The van der Waals surface area contributed by atoms with Gasteiger partial charge in [0, 0.05) is 36.6 Å². The van der Waals surface area contributed by atoms with E-state index in [4.69, 9.17) is 0 Å². The fraction of sp³-hybridized carbons (Fsp3) is 0.368. The molecule has 0 unspecified atom stereocenters. The lowest BCUT2D eigenvalue weighted by atomic mass is 10.0. The number of Topliss-reactive ketones (excluding diaryl/α,β-unsaturated/α-hetero) is 1. The number of pyridine rings is 1. The minimum absolute atomic E-state index is 0.0514. The summed E-state index contributed by atoms with van der Waals surface area (Å²) in [5.74, 6) is 0.902. The van der Waals surface area contributed by atoms with Crippen molar-refractivity contribution < 1.29 is 4.79 Å². The van der Waals surface area contributed by atoms with Gasteiger partial charge in [-0.1, -0.05) is 12.1 Å². The van der Waals surface area contributed by atoms with Gasteiger partial charge in [-0.15, -0.1) is 0 Å². The van der Waals surface area contributed by atoms with Gasteiger partial charge in [-0.25, -0.2) is 4.98 Å². The summed E-state index contributed by atoms with van der Waals surface area (Å²) in [5.41, 5.74) is 3.27. The van der Waals surface area contributed by atoms with Crippen LogP contribution in [0.4, 0.5) is 11.5 Å². The summed E-state index contributed by atoms with van der Waals surface area (Å²) in [6, 6.07) is 12.8. The highest BCUT2D eigenvalue weighted by Gasteiger charge is 2.19. The third kappa shape index (κ3) is 3.89. The Labute approximate surface area is 137 Å². The van der Waals surface area contributed by atoms with Gasteiger partial charge < -0.3 is 10.2 Å². The topological polar surface area (TPSA) is 45.2 Å². The number of piperidine rings is 1. The second kappa shape index (κ2) is 6.82. The first-order valence-electron chi connectivity index (χ1n) is 8.17. The highest BCUT2D eigenvalue weighted by atomic mass is 16.1. The van der Waals surface area contributed by atoms with Crippen LogP contribution in [0, 0.1) is 6.92 Å². The van der Waals surface area contributed by atoms with Crippen LogP contribution in [0.15, 0.2) is 42.6 Å². The van der Waals surface area contributed by atoms with E-state index in [0.29, 0.717) is 11.6 Å². The van der Waals surface area contributed by atoms with Crippen molar-refractivity contribution in [2.75, 3.05) is 23.3 Å². The van der Waals surface area contributed by atoms with Crippen molar-refractivity contribution in [3.63, 3.8) is 0 Å². The summed E-state index contributed by atoms with van der Waals surface area (Å²) < 4.78 is 0. The average molecular weight is 309 g/mol. The first-order chi connectivity index (χ1) is 11.1. The minimum atomic E-state index is 0.0514.